The molecule has 5 heteroatoms. The van der Waals surface area contributed by atoms with Crippen LogP contribution < -0.4 is 0 Å². The standard InChI is InChI=1S/C11H11ClF3N/c1-7-3-5-9(6-4-7)8(2)16-10(12)11(13,14)15/h3-6,8H,1-2H3. The van der Waals surface area contributed by atoms with Crippen LogP contribution in [0.3, 0.4) is 0 Å². The molecule has 0 fully saturated rings. The van der Waals surface area contributed by atoms with Gasteiger partial charge < -0.3 is 0 Å². The zero-order valence-electron chi connectivity index (χ0n) is 8.85. The number of alkyl halides is 3. The van der Waals surface area contributed by atoms with E-state index in [-0.39, 0.29) is 0 Å². The predicted molar refractivity (Wildman–Crippen MR) is 58.9 cm³/mol. The molecule has 1 aromatic rings. The maximum Gasteiger partial charge on any atom is 0.444 e. The number of rotatable bonds is 2. The molecule has 1 nitrogen and oxygen atoms in total. The molecule has 0 saturated heterocycles. The van der Waals surface area contributed by atoms with Crippen LogP contribution >= 0.6 is 11.6 Å². The van der Waals surface area contributed by atoms with E-state index in [2.05, 4.69) is 4.99 Å². The van der Waals surface area contributed by atoms with Crippen molar-refractivity contribution in [3.8, 4) is 0 Å². The van der Waals surface area contributed by atoms with Gasteiger partial charge in [0.25, 0.3) is 0 Å². The summed E-state index contributed by atoms with van der Waals surface area (Å²) in [7, 11) is 0. The summed E-state index contributed by atoms with van der Waals surface area (Å²) in [6, 6.07) is 6.52. The highest BCUT2D eigenvalue weighted by Crippen LogP contribution is 2.24. The summed E-state index contributed by atoms with van der Waals surface area (Å²) in [6.07, 6.45) is -4.57. The highest BCUT2D eigenvalue weighted by molar-refractivity contribution is 6.66. The second kappa shape index (κ2) is 4.87. The van der Waals surface area contributed by atoms with Gasteiger partial charge in [-0.3, -0.25) is 4.99 Å². The fourth-order valence-corrected chi connectivity index (χ4v) is 1.31. The molecular formula is C11H11ClF3N. The molecule has 16 heavy (non-hydrogen) atoms. The predicted octanol–water partition coefficient (Wildman–Crippen LogP) is 4.26. The van der Waals surface area contributed by atoms with Crippen LogP contribution in [0.25, 0.3) is 0 Å². The van der Waals surface area contributed by atoms with Gasteiger partial charge in [0, 0.05) is 0 Å². The highest BCUT2D eigenvalue weighted by atomic mass is 35.5. The van der Waals surface area contributed by atoms with E-state index in [1.54, 1.807) is 19.1 Å². The molecule has 0 N–H and O–H groups in total. The Morgan fingerprint density at radius 2 is 1.75 bits per heavy atom. The number of hydrogen-bond donors (Lipinski definition) is 0. The lowest BCUT2D eigenvalue weighted by Gasteiger charge is -2.09. The minimum Gasteiger partial charge on any atom is -0.261 e. The van der Waals surface area contributed by atoms with E-state index in [0.29, 0.717) is 5.56 Å². The van der Waals surface area contributed by atoms with Crippen molar-refractivity contribution < 1.29 is 13.2 Å². The van der Waals surface area contributed by atoms with Crippen molar-refractivity contribution >= 4 is 16.8 Å². The van der Waals surface area contributed by atoms with Crippen molar-refractivity contribution in [2.45, 2.75) is 26.1 Å². The summed E-state index contributed by atoms with van der Waals surface area (Å²) in [4.78, 5) is 3.41. The van der Waals surface area contributed by atoms with Gasteiger partial charge in [-0.1, -0.05) is 41.4 Å². The van der Waals surface area contributed by atoms with Crippen LogP contribution in [0.2, 0.25) is 0 Å². The molecule has 0 bridgehead atoms. The molecule has 1 aromatic carbocycles. The Balaban J connectivity index is 2.87. The molecule has 88 valence electrons. The number of hydrogen-bond acceptors (Lipinski definition) is 1. The molecule has 1 atom stereocenters. The van der Waals surface area contributed by atoms with E-state index in [9.17, 15) is 13.2 Å². The van der Waals surface area contributed by atoms with Crippen LogP contribution in [0.15, 0.2) is 29.3 Å². The Bertz CT molecular complexity index is 381. The van der Waals surface area contributed by atoms with Gasteiger partial charge in [-0.05, 0) is 19.4 Å². The third-order valence-corrected chi connectivity index (χ3v) is 2.41. The SMILES string of the molecule is Cc1ccc(C(C)N=C(Cl)C(F)(F)F)cc1. The smallest absolute Gasteiger partial charge is 0.261 e. The Hall–Kier alpha value is -1.03. The van der Waals surface area contributed by atoms with Crippen molar-refractivity contribution in [3.05, 3.63) is 35.4 Å². The van der Waals surface area contributed by atoms with Crippen molar-refractivity contribution in [1.29, 1.82) is 0 Å². The zero-order chi connectivity index (χ0) is 12.3. The van der Waals surface area contributed by atoms with Crippen LogP contribution in [0.4, 0.5) is 13.2 Å². The first-order valence-corrected chi connectivity index (χ1v) is 5.05. The zero-order valence-corrected chi connectivity index (χ0v) is 9.60. The average Bonchev–Trinajstić information content (AvgIpc) is 2.17. The third-order valence-electron chi connectivity index (χ3n) is 2.10. The number of nitrogens with zero attached hydrogens (tertiary/aromatic N) is 1. The van der Waals surface area contributed by atoms with Gasteiger partial charge in [0.1, 0.15) is 0 Å². The molecule has 1 unspecified atom stereocenters. The molecule has 0 amide bonds. The highest BCUT2D eigenvalue weighted by Gasteiger charge is 2.34. The molecule has 0 spiro atoms. The van der Waals surface area contributed by atoms with Gasteiger partial charge in [-0.25, -0.2) is 0 Å². The van der Waals surface area contributed by atoms with Gasteiger partial charge in [0.2, 0.25) is 5.17 Å². The fourth-order valence-electron chi connectivity index (χ4n) is 1.16. The normalized spacial score (nSPS) is 15.0. The largest absolute Gasteiger partial charge is 0.444 e. The van der Waals surface area contributed by atoms with E-state index in [1.165, 1.54) is 0 Å². The molecule has 0 saturated carbocycles. The van der Waals surface area contributed by atoms with Crippen molar-refractivity contribution in [2.24, 2.45) is 4.99 Å². The van der Waals surface area contributed by atoms with E-state index < -0.39 is 17.4 Å². The lowest BCUT2D eigenvalue weighted by molar-refractivity contribution is -0.0562. The molecular weight excluding hydrogens is 239 g/mol. The van der Waals surface area contributed by atoms with Gasteiger partial charge in [0.15, 0.2) is 0 Å². The average molecular weight is 250 g/mol. The van der Waals surface area contributed by atoms with E-state index in [0.717, 1.165) is 5.56 Å². The summed E-state index contributed by atoms with van der Waals surface area (Å²) in [5.74, 6) is 0. The monoisotopic (exact) mass is 249 g/mol. The minimum absolute atomic E-state index is 0.602. The first-order chi connectivity index (χ1) is 7.30. The van der Waals surface area contributed by atoms with E-state index in [1.807, 2.05) is 19.1 Å². The van der Waals surface area contributed by atoms with E-state index >= 15 is 0 Å². The topological polar surface area (TPSA) is 12.4 Å². The van der Waals surface area contributed by atoms with Crippen LogP contribution in [0.1, 0.15) is 24.1 Å². The molecule has 0 aliphatic carbocycles. The Labute approximate surface area is 97.0 Å². The van der Waals surface area contributed by atoms with Crippen LogP contribution in [0, 0.1) is 6.92 Å². The van der Waals surface area contributed by atoms with Crippen molar-refractivity contribution in [3.63, 3.8) is 0 Å². The molecule has 0 aromatic heterocycles. The lowest BCUT2D eigenvalue weighted by Crippen LogP contribution is -2.17. The fraction of sp³-hybridized carbons (Fsp3) is 0.364. The molecule has 0 heterocycles. The third kappa shape index (κ3) is 3.52. The second-order valence-electron chi connectivity index (χ2n) is 3.50. The first-order valence-electron chi connectivity index (χ1n) is 4.68. The quantitative estimate of drug-likeness (QED) is 0.695. The number of benzene rings is 1. The molecule has 0 radical (unpaired) electrons. The second-order valence-corrected chi connectivity index (χ2v) is 3.86. The summed E-state index contributed by atoms with van der Waals surface area (Å²) in [5.41, 5.74) is 1.75. The Morgan fingerprint density at radius 1 is 1.25 bits per heavy atom. The number of aliphatic imine (C=N–C) groups is 1. The molecule has 0 aliphatic rings. The summed E-state index contributed by atoms with van der Waals surface area (Å²) < 4.78 is 36.4. The Morgan fingerprint density at radius 3 is 2.19 bits per heavy atom. The minimum atomic E-state index is -4.57. The van der Waals surface area contributed by atoms with Crippen LogP contribution in [-0.4, -0.2) is 11.3 Å². The maximum absolute atomic E-state index is 12.1. The number of halogens is 4. The summed E-state index contributed by atoms with van der Waals surface area (Å²) in [6.45, 7) is 3.47. The first kappa shape index (κ1) is 13.0. The van der Waals surface area contributed by atoms with Gasteiger partial charge in [0.05, 0.1) is 6.04 Å². The Kier molecular flexibility index (Phi) is 3.97. The maximum atomic E-state index is 12.1. The van der Waals surface area contributed by atoms with Gasteiger partial charge in [-0.15, -0.1) is 0 Å². The van der Waals surface area contributed by atoms with Crippen LogP contribution in [-0.2, 0) is 0 Å². The van der Waals surface area contributed by atoms with E-state index in [4.69, 9.17) is 11.6 Å². The molecule has 1 rings (SSSR count). The van der Waals surface area contributed by atoms with Crippen molar-refractivity contribution in [1.82, 2.24) is 0 Å². The van der Waals surface area contributed by atoms with Gasteiger partial charge >= 0.3 is 6.18 Å². The number of aryl methyl sites for hydroxylation is 1. The lowest BCUT2D eigenvalue weighted by atomic mass is 10.1. The molecule has 0 aliphatic heterocycles. The summed E-state index contributed by atoms with van der Waals surface area (Å²) >= 11 is 5.06. The van der Waals surface area contributed by atoms with Crippen molar-refractivity contribution in [2.75, 3.05) is 0 Å². The van der Waals surface area contributed by atoms with Gasteiger partial charge in [-0.2, -0.15) is 13.2 Å². The van der Waals surface area contributed by atoms with Crippen LogP contribution in [0.5, 0.6) is 0 Å². The summed E-state index contributed by atoms with van der Waals surface area (Å²) in [5, 5.41) is -1.32.